The van der Waals surface area contributed by atoms with E-state index in [1.54, 1.807) is 6.08 Å². The number of amides is 1. The first-order chi connectivity index (χ1) is 8.54. The summed E-state index contributed by atoms with van der Waals surface area (Å²) < 4.78 is 0. The number of anilines is 1. The van der Waals surface area contributed by atoms with Gasteiger partial charge in [-0.1, -0.05) is 17.7 Å². The van der Waals surface area contributed by atoms with E-state index >= 15 is 0 Å². The summed E-state index contributed by atoms with van der Waals surface area (Å²) in [5, 5.41) is 16.3. The average molecular weight is 270 g/mol. The van der Waals surface area contributed by atoms with Crippen molar-refractivity contribution in [2.75, 3.05) is 18.4 Å². The third-order valence-corrected chi connectivity index (χ3v) is 2.24. The molecule has 0 aliphatic rings. The maximum Gasteiger partial charge on any atom is 0.292 e. The van der Waals surface area contributed by atoms with Crippen LogP contribution in [0.5, 0.6) is 0 Å². The lowest BCUT2D eigenvalue weighted by Gasteiger charge is -2.06. The van der Waals surface area contributed by atoms with E-state index in [9.17, 15) is 14.9 Å². The first-order valence-electron chi connectivity index (χ1n) is 5.10. The van der Waals surface area contributed by atoms with Crippen molar-refractivity contribution in [1.29, 1.82) is 0 Å². The number of nitro benzene ring substituents is 1. The van der Waals surface area contributed by atoms with E-state index in [0.717, 1.165) is 0 Å². The molecule has 0 heterocycles. The molecule has 1 aromatic rings. The fourth-order valence-corrected chi connectivity index (χ4v) is 1.42. The Morgan fingerprint density at radius 2 is 2.28 bits per heavy atom. The molecule has 0 spiro atoms. The highest BCUT2D eigenvalue weighted by atomic mass is 35.5. The summed E-state index contributed by atoms with van der Waals surface area (Å²) in [5.41, 5.74) is -0.116. The first kappa shape index (κ1) is 14.1. The Kier molecular flexibility index (Phi) is 5.29. The Hall–Kier alpha value is -1.92. The number of rotatable bonds is 6. The van der Waals surface area contributed by atoms with Gasteiger partial charge in [0, 0.05) is 17.6 Å². The van der Waals surface area contributed by atoms with E-state index < -0.39 is 4.92 Å². The van der Waals surface area contributed by atoms with Crippen LogP contribution in [0.2, 0.25) is 5.02 Å². The summed E-state index contributed by atoms with van der Waals surface area (Å²) in [6.07, 6.45) is 1.61. The van der Waals surface area contributed by atoms with Crippen LogP contribution in [-0.2, 0) is 4.79 Å². The second-order valence-corrected chi connectivity index (χ2v) is 3.82. The van der Waals surface area contributed by atoms with Crippen LogP contribution in [0, 0.1) is 10.1 Å². The van der Waals surface area contributed by atoms with Crippen LogP contribution in [0.3, 0.4) is 0 Å². The monoisotopic (exact) mass is 269 g/mol. The molecule has 1 aromatic carbocycles. The third-order valence-electron chi connectivity index (χ3n) is 2.00. The lowest BCUT2D eigenvalue weighted by Crippen LogP contribution is -2.28. The Bertz CT molecular complexity index is 477. The van der Waals surface area contributed by atoms with Gasteiger partial charge < -0.3 is 10.6 Å². The van der Waals surface area contributed by atoms with Gasteiger partial charge in [-0.25, -0.2) is 0 Å². The van der Waals surface area contributed by atoms with Crippen molar-refractivity contribution in [3.63, 3.8) is 0 Å². The summed E-state index contributed by atoms with van der Waals surface area (Å²) in [5.74, 6) is -0.387. The molecule has 0 fully saturated rings. The van der Waals surface area contributed by atoms with Gasteiger partial charge >= 0.3 is 0 Å². The van der Waals surface area contributed by atoms with Gasteiger partial charge in [-0.15, -0.1) is 6.58 Å². The molecule has 0 saturated carbocycles. The van der Waals surface area contributed by atoms with Crippen LogP contribution < -0.4 is 10.6 Å². The molecule has 0 aliphatic carbocycles. The van der Waals surface area contributed by atoms with Crippen LogP contribution in [0.4, 0.5) is 11.4 Å². The molecule has 0 unspecified atom stereocenters. The minimum Gasteiger partial charge on any atom is -0.319 e. The lowest BCUT2D eigenvalue weighted by atomic mass is 10.2. The van der Waals surface area contributed by atoms with Crippen LogP contribution in [0.1, 0.15) is 0 Å². The zero-order valence-corrected chi connectivity index (χ0v) is 10.2. The first-order valence-corrected chi connectivity index (χ1v) is 5.48. The molecule has 0 atom stereocenters. The molecule has 0 aromatic heterocycles. The highest BCUT2D eigenvalue weighted by Crippen LogP contribution is 2.27. The zero-order valence-electron chi connectivity index (χ0n) is 9.48. The molecule has 1 amide bonds. The van der Waals surface area contributed by atoms with Crippen molar-refractivity contribution in [2.24, 2.45) is 0 Å². The van der Waals surface area contributed by atoms with Crippen molar-refractivity contribution in [1.82, 2.24) is 5.32 Å². The zero-order chi connectivity index (χ0) is 13.5. The summed E-state index contributed by atoms with van der Waals surface area (Å²) in [7, 11) is 0. The van der Waals surface area contributed by atoms with E-state index in [1.807, 2.05) is 0 Å². The van der Waals surface area contributed by atoms with Crippen LogP contribution >= 0.6 is 11.6 Å². The maximum absolute atomic E-state index is 11.5. The van der Waals surface area contributed by atoms with Crippen molar-refractivity contribution >= 4 is 28.9 Å². The minimum atomic E-state index is -0.580. The van der Waals surface area contributed by atoms with Gasteiger partial charge in [-0.3, -0.25) is 14.9 Å². The van der Waals surface area contributed by atoms with Crippen molar-refractivity contribution < 1.29 is 9.72 Å². The number of nitrogens with one attached hydrogen (secondary N) is 2. The second-order valence-electron chi connectivity index (χ2n) is 3.39. The summed E-state index contributed by atoms with van der Waals surface area (Å²) in [6.45, 7) is 4.00. The van der Waals surface area contributed by atoms with E-state index in [2.05, 4.69) is 17.2 Å². The van der Waals surface area contributed by atoms with E-state index in [0.29, 0.717) is 11.6 Å². The molecular weight excluding hydrogens is 258 g/mol. The minimum absolute atomic E-state index is 0.0374. The molecule has 0 aliphatic heterocycles. The molecular formula is C11H12ClN3O3. The van der Waals surface area contributed by atoms with Gasteiger partial charge in [0.2, 0.25) is 5.91 Å². The highest BCUT2D eigenvalue weighted by Gasteiger charge is 2.15. The Morgan fingerprint density at radius 1 is 1.56 bits per heavy atom. The van der Waals surface area contributed by atoms with Crippen molar-refractivity contribution in [3.05, 3.63) is 46.0 Å². The number of nitrogens with zero attached hydrogens (tertiary/aromatic N) is 1. The molecule has 0 saturated heterocycles. The van der Waals surface area contributed by atoms with Crippen molar-refractivity contribution in [2.45, 2.75) is 0 Å². The number of carbonyl (C=O) groups is 1. The Morgan fingerprint density at radius 3 is 2.89 bits per heavy atom. The van der Waals surface area contributed by atoms with E-state index in [-0.39, 0.29) is 23.8 Å². The number of benzene rings is 1. The van der Waals surface area contributed by atoms with Crippen LogP contribution in [-0.4, -0.2) is 23.9 Å². The smallest absolute Gasteiger partial charge is 0.292 e. The van der Waals surface area contributed by atoms with E-state index in [4.69, 9.17) is 11.6 Å². The molecule has 2 N–H and O–H groups in total. The molecule has 96 valence electrons. The predicted molar refractivity (Wildman–Crippen MR) is 69.8 cm³/mol. The van der Waals surface area contributed by atoms with Crippen molar-refractivity contribution in [3.8, 4) is 0 Å². The standard InChI is InChI=1S/C11H12ClN3O3/c1-2-5-13-7-11(16)14-9-6-8(12)3-4-10(9)15(17)18/h2-4,6,13H,1,5,7H2,(H,14,16). The largest absolute Gasteiger partial charge is 0.319 e. The van der Waals surface area contributed by atoms with Gasteiger partial charge in [-0.05, 0) is 12.1 Å². The summed E-state index contributed by atoms with van der Waals surface area (Å²) in [4.78, 5) is 21.7. The van der Waals surface area contributed by atoms with Crippen LogP contribution in [0.15, 0.2) is 30.9 Å². The Labute approximate surface area is 109 Å². The van der Waals surface area contributed by atoms with Gasteiger partial charge in [0.15, 0.2) is 0 Å². The normalized spacial score (nSPS) is 9.83. The maximum atomic E-state index is 11.5. The number of hydrogen-bond donors (Lipinski definition) is 2. The fraction of sp³-hybridized carbons (Fsp3) is 0.182. The number of hydrogen-bond acceptors (Lipinski definition) is 4. The summed E-state index contributed by atoms with van der Waals surface area (Å²) in [6, 6.07) is 3.98. The molecule has 6 nitrogen and oxygen atoms in total. The van der Waals surface area contributed by atoms with Gasteiger partial charge in [0.05, 0.1) is 11.5 Å². The quantitative estimate of drug-likeness (QED) is 0.358. The van der Waals surface area contributed by atoms with E-state index in [1.165, 1.54) is 18.2 Å². The molecule has 1 rings (SSSR count). The SMILES string of the molecule is C=CCNCC(=O)Nc1cc(Cl)ccc1[N+](=O)[O-]. The fourth-order valence-electron chi connectivity index (χ4n) is 1.25. The molecule has 18 heavy (non-hydrogen) atoms. The molecule has 0 bridgehead atoms. The summed E-state index contributed by atoms with van der Waals surface area (Å²) >= 11 is 5.73. The number of nitro groups is 1. The predicted octanol–water partition coefficient (Wildman–Crippen LogP) is 1.96. The topological polar surface area (TPSA) is 84.3 Å². The van der Waals surface area contributed by atoms with Gasteiger partial charge in [0.25, 0.3) is 5.69 Å². The molecule has 7 heteroatoms. The van der Waals surface area contributed by atoms with Crippen LogP contribution in [0.25, 0.3) is 0 Å². The molecule has 0 radical (unpaired) electrons. The average Bonchev–Trinajstić information content (AvgIpc) is 2.29. The second kappa shape index (κ2) is 6.73. The Balaban J connectivity index is 2.76. The highest BCUT2D eigenvalue weighted by molar-refractivity contribution is 6.31. The number of halogens is 1. The third kappa shape index (κ3) is 4.15. The lowest BCUT2D eigenvalue weighted by molar-refractivity contribution is -0.383. The van der Waals surface area contributed by atoms with Gasteiger partial charge in [0.1, 0.15) is 5.69 Å². The van der Waals surface area contributed by atoms with Gasteiger partial charge in [-0.2, -0.15) is 0 Å². The number of carbonyl (C=O) groups excluding carboxylic acids is 1.